The van der Waals surface area contributed by atoms with E-state index in [-0.39, 0.29) is 5.91 Å². The molecule has 0 saturated carbocycles. The number of carbonyl (C=O) groups excluding carboxylic acids is 1. The van der Waals surface area contributed by atoms with Crippen LogP contribution in [-0.2, 0) is 0 Å². The summed E-state index contributed by atoms with van der Waals surface area (Å²) < 4.78 is 5.44. The molecule has 0 atom stereocenters. The summed E-state index contributed by atoms with van der Waals surface area (Å²) >= 11 is 0. The second kappa shape index (κ2) is 8.31. The molecule has 0 unspecified atom stereocenters. The zero-order chi connectivity index (χ0) is 13.2. The maximum Gasteiger partial charge on any atom is 0.255 e. The Kier molecular flexibility index (Phi) is 6.58. The topological polar surface area (TPSA) is 50.4 Å². The Morgan fingerprint density at radius 3 is 2.89 bits per heavy atom. The molecule has 0 aliphatic carbocycles. The lowest BCUT2D eigenvalue weighted by Crippen LogP contribution is -2.27. The summed E-state index contributed by atoms with van der Waals surface area (Å²) in [5, 5.41) is 5.90. The van der Waals surface area contributed by atoms with Gasteiger partial charge in [-0.1, -0.05) is 24.8 Å². The zero-order valence-electron chi connectivity index (χ0n) is 10.7. The fraction of sp³-hybridized carbons (Fsp3) is 0.357. The van der Waals surface area contributed by atoms with E-state index in [0.717, 1.165) is 13.0 Å². The van der Waals surface area contributed by atoms with E-state index in [1.165, 1.54) is 0 Å². The van der Waals surface area contributed by atoms with Crippen molar-refractivity contribution in [2.24, 2.45) is 0 Å². The molecule has 0 aromatic heterocycles. The number of hydrogen-bond donors (Lipinski definition) is 2. The minimum absolute atomic E-state index is 0.106. The smallest absolute Gasteiger partial charge is 0.255 e. The normalized spacial score (nSPS) is 9.83. The molecule has 0 aliphatic heterocycles. The van der Waals surface area contributed by atoms with Crippen molar-refractivity contribution < 1.29 is 9.53 Å². The first-order chi connectivity index (χ1) is 8.79. The number of amides is 1. The average Bonchev–Trinajstić information content (AvgIpc) is 2.41. The average molecular weight is 248 g/mol. The summed E-state index contributed by atoms with van der Waals surface area (Å²) in [5.74, 6) is 0.481. The van der Waals surface area contributed by atoms with Gasteiger partial charge in [-0.3, -0.25) is 4.79 Å². The molecule has 98 valence electrons. The SMILES string of the molecule is C=CCOc1ccccc1C(=O)NCCCNC. The summed E-state index contributed by atoms with van der Waals surface area (Å²) in [4.78, 5) is 12.0. The van der Waals surface area contributed by atoms with E-state index < -0.39 is 0 Å². The van der Waals surface area contributed by atoms with Crippen LogP contribution in [-0.4, -0.2) is 32.7 Å². The first-order valence-corrected chi connectivity index (χ1v) is 6.05. The van der Waals surface area contributed by atoms with Crippen LogP contribution < -0.4 is 15.4 Å². The van der Waals surface area contributed by atoms with Crippen LogP contribution in [0.2, 0.25) is 0 Å². The number of rotatable bonds is 8. The predicted molar refractivity (Wildman–Crippen MR) is 73.0 cm³/mol. The van der Waals surface area contributed by atoms with E-state index >= 15 is 0 Å². The van der Waals surface area contributed by atoms with Crippen LogP contribution in [0.5, 0.6) is 5.75 Å². The standard InChI is InChI=1S/C14H20N2O2/c1-3-11-18-13-8-5-4-7-12(13)14(17)16-10-6-9-15-2/h3-5,7-8,15H,1,6,9-11H2,2H3,(H,16,17). The highest BCUT2D eigenvalue weighted by atomic mass is 16.5. The van der Waals surface area contributed by atoms with Crippen molar-refractivity contribution in [2.75, 3.05) is 26.7 Å². The highest BCUT2D eigenvalue weighted by Crippen LogP contribution is 2.17. The molecule has 2 N–H and O–H groups in total. The number of ether oxygens (including phenoxy) is 1. The van der Waals surface area contributed by atoms with Gasteiger partial charge in [0.05, 0.1) is 5.56 Å². The van der Waals surface area contributed by atoms with Crippen molar-refractivity contribution in [3.05, 3.63) is 42.5 Å². The third-order valence-corrected chi connectivity index (χ3v) is 2.38. The monoisotopic (exact) mass is 248 g/mol. The van der Waals surface area contributed by atoms with Gasteiger partial charge in [0.15, 0.2) is 0 Å². The highest BCUT2D eigenvalue weighted by molar-refractivity contribution is 5.96. The third kappa shape index (κ3) is 4.59. The number of hydrogen-bond acceptors (Lipinski definition) is 3. The molecule has 4 heteroatoms. The predicted octanol–water partition coefficient (Wildman–Crippen LogP) is 1.59. The molecule has 1 amide bonds. The van der Waals surface area contributed by atoms with Crippen LogP contribution in [0, 0.1) is 0 Å². The second-order valence-corrected chi connectivity index (χ2v) is 3.81. The maximum absolute atomic E-state index is 12.0. The van der Waals surface area contributed by atoms with Crippen LogP contribution in [0.1, 0.15) is 16.8 Å². The van der Waals surface area contributed by atoms with Crippen LogP contribution in [0.25, 0.3) is 0 Å². The summed E-state index contributed by atoms with van der Waals surface area (Å²) in [6.45, 7) is 5.51. The Bertz CT molecular complexity index is 391. The quantitative estimate of drug-likeness (QED) is 0.542. The van der Waals surface area contributed by atoms with Gasteiger partial charge in [-0.2, -0.15) is 0 Å². The molecule has 1 rings (SSSR count). The fourth-order valence-electron chi connectivity index (χ4n) is 1.49. The summed E-state index contributed by atoms with van der Waals surface area (Å²) in [7, 11) is 1.89. The number of nitrogens with one attached hydrogen (secondary N) is 2. The summed E-state index contributed by atoms with van der Waals surface area (Å²) in [6.07, 6.45) is 2.56. The molecule has 0 bridgehead atoms. The number of benzene rings is 1. The van der Waals surface area contributed by atoms with Crippen molar-refractivity contribution in [1.82, 2.24) is 10.6 Å². The summed E-state index contributed by atoms with van der Waals surface area (Å²) in [6, 6.07) is 7.21. The minimum atomic E-state index is -0.106. The van der Waals surface area contributed by atoms with Gasteiger partial charge in [-0.05, 0) is 32.1 Å². The van der Waals surface area contributed by atoms with Gasteiger partial charge in [-0.15, -0.1) is 0 Å². The highest BCUT2D eigenvalue weighted by Gasteiger charge is 2.10. The van der Waals surface area contributed by atoms with Gasteiger partial charge in [0.2, 0.25) is 0 Å². The Balaban J connectivity index is 2.57. The number of para-hydroxylation sites is 1. The molecular weight excluding hydrogens is 228 g/mol. The fourth-order valence-corrected chi connectivity index (χ4v) is 1.49. The van der Waals surface area contributed by atoms with Crippen molar-refractivity contribution in [1.29, 1.82) is 0 Å². The zero-order valence-corrected chi connectivity index (χ0v) is 10.7. The lowest BCUT2D eigenvalue weighted by atomic mass is 10.2. The van der Waals surface area contributed by atoms with Crippen LogP contribution >= 0.6 is 0 Å². The molecule has 1 aromatic carbocycles. The molecule has 0 heterocycles. The molecule has 18 heavy (non-hydrogen) atoms. The molecule has 0 saturated heterocycles. The summed E-state index contributed by atoms with van der Waals surface area (Å²) in [5.41, 5.74) is 0.559. The van der Waals surface area contributed by atoms with Crippen molar-refractivity contribution in [2.45, 2.75) is 6.42 Å². The Morgan fingerprint density at radius 2 is 2.17 bits per heavy atom. The first kappa shape index (κ1) is 14.3. The van der Waals surface area contributed by atoms with Crippen LogP contribution in [0.15, 0.2) is 36.9 Å². The van der Waals surface area contributed by atoms with Gasteiger partial charge < -0.3 is 15.4 Å². The van der Waals surface area contributed by atoms with Crippen LogP contribution in [0.4, 0.5) is 0 Å². The lowest BCUT2D eigenvalue weighted by Gasteiger charge is -2.10. The Morgan fingerprint density at radius 1 is 1.39 bits per heavy atom. The van der Waals surface area contributed by atoms with Gasteiger partial charge in [0.1, 0.15) is 12.4 Å². The van der Waals surface area contributed by atoms with E-state index in [1.54, 1.807) is 18.2 Å². The van der Waals surface area contributed by atoms with Gasteiger partial charge in [-0.25, -0.2) is 0 Å². The lowest BCUT2D eigenvalue weighted by molar-refractivity contribution is 0.0949. The van der Waals surface area contributed by atoms with E-state index in [0.29, 0.717) is 24.5 Å². The maximum atomic E-state index is 12.0. The number of carbonyl (C=O) groups is 1. The van der Waals surface area contributed by atoms with Crippen molar-refractivity contribution in [3.8, 4) is 5.75 Å². The third-order valence-electron chi connectivity index (χ3n) is 2.38. The van der Waals surface area contributed by atoms with E-state index in [1.807, 2.05) is 19.2 Å². The van der Waals surface area contributed by atoms with Gasteiger partial charge in [0, 0.05) is 6.54 Å². The van der Waals surface area contributed by atoms with Crippen molar-refractivity contribution in [3.63, 3.8) is 0 Å². The molecule has 0 fully saturated rings. The van der Waals surface area contributed by atoms with Gasteiger partial charge >= 0.3 is 0 Å². The molecule has 1 aromatic rings. The Labute approximate surface area is 108 Å². The van der Waals surface area contributed by atoms with Gasteiger partial charge in [0.25, 0.3) is 5.91 Å². The van der Waals surface area contributed by atoms with Crippen LogP contribution in [0.3, 0.4) is 0 Å². The largest absolute Gasteiger partial charge is 0.489 e. The molecular formula is C14H20N2O2. The first-order valence-electron chi connectivity index (χ1n) is 6.05. The molecule has 0 radical (unpaired) electrons. The molecule has 4 nitrogen and oxygen atoms in total. The van der Waals surface area contributed by atoms with Crippen molar-refractivity contribution >= 4 is 5.91 Å². The molecule has 0 aliphatic rings. The molecule has 0 spiro atoms. The van der Waals surface area contributed by atoms with E-state index in [9.17, 15) is 4.79 Å². The van der Waals surface area contributed by atoms with E-state index in [4.69, 9.17) is 4.74 Å². The van der Waals surface area contributed by atoms with E-state index in [2.05, 4.69) is 17.2 Å². The Hall–Kier alpha value is -1.81. The second-order valence-electron chi connectivity index (χ2n) is 3.81. The minimum Gasteiger partial charge on any atom is -0.489 e.